The smallest absolute Gasteiger partial charge is 0.148 e. The van der Waals surface area contributed by atoms with Gasteiger partial charge in [0.05, 0.1) is 5.54 Å². The predicted octanol–water partition coefficient (Wildman–Crippen LogP) is 1.30. The molecule has 2 N–H and O–H groups in total. The standard InChI is InChI=1S/C10H13N3/c11-10(4-5-10)9-12-6-3-8(13-9)7-1-2-7/h3,6-7H,1-2,4-5,11H2. The third-order valence-electron chi connectivity index (χ3n) is 2.91. The van der Waals surface area contributed by atoms with Gasteiger partial charge < -0.3 is 5.73 Å². The van der Waals surface area contributed by atoms with Crippen LogP contribution in [0.3, 0.4) is 0 Å². The highest BCUT2D eigenvalue weighted by Gasteiger charge is 2.43. The zero-order chi connectivity index (χ0) is 8.89. The maximum Gasteiger partial charge on any atom is 0.148 e. The Morgan fingerprint density at radius 3 is 2.77 bits per heavy atom. The van der Waals surface area contributed by atoms with E-state index in [0.717, 1.165) is 18.7 Å². The van der Waals surface area contributed by atoms with Crippen molar-refractivity contribution in [3.63, 3.8) is 0 Å². The van der Waals surface area contributed by atoms with Crippen LogP contribution in [0, 0.1) is 0 Å². The van der Waals surface area contributed by atoms with E-state index < -0.39 is 0 Å². The van der Waals surface area contributed by atoms with Gasteiger partial charge in [0.25, 0.3) is 0 Å². The van der Waals surface area contributed by atoms with Crippen molar-refractivity contribution < 1.29 is 0 Å². The van der Waals surface area contributed by atoms with E-state index in [0.29, 0.717) is 5.92 Å². The van der Waals surface area contributed by atoms with E-state index in [1.165, 1.54) is 18.5 Å². The van der Waals surface area contributed by atoms with Gasteiger partial charge in [-0.1, -0.05) is 0 Å². The summed E-state index contributed by atoms with van der Waals surface area (Å²) in [5.74, 6) is 1.56. The molecule has 68 valence electrons. The number of aromatic nitrogens is 2. The highest BCUT2D eigenvalue weighted by atomic mass is 15.0. The summed E-state index contributed by atoms with van der Waals surface area (Å²) in [5.41, 5.74) is 7.05. The van der Waals surface area contributed by atoms with Crippen molar-refractivity contribution in [2.24, 2.45) is 5.73 Å². The summed E-state index contributed by atoms with van der Waals surface area (Å²) >= 11 is 0. The van der Waals surface area contributed by atoms with E-state index in [2.05, 4.69) is 9.97 Å². The quantitative estimate of drug-likeness (QED) is 0.737. The topological polar surface area (TPSA) is 51.8 Å². The summed E-state index contributed by atoms with van der Waals surface area (Å²) in [5, 5.41) is 0. The highest BCUT2D eigenvalue weighted by molar-refractivity contribution is 5.20. The lowest BCUT2D eigenvalue weighted by molar-refractivity contribution is 0.663. The molecule has 3 rings (SSSR count). The third-order valence-corrected chi connectivity index (χ3v) is 2.91. The van der Waals surface area contributed by atoms with Gasteiger partial charge in [-0.3, -0.25) is 0 Å². The molecule has 1 aromatic rings. The van der Waals surface area contributed by atoms with Crippen molar-refractivity contribution in [1.29, 1.82) is 0 Å². The van der Waals surface area contributed by atoms with E-state index in [-0.39, 0.29) is 5.54 Å². The first-order valence-electron chi connectivity index (χ1n) is 4.90. The Hall–Kier alpha value is -0.960. The Morgan fingerprint density at radius 1 is 1.38 bits per heavy atom. The minimum absolute atomic E-state index is 0.176. The fourth-order valence-electron chi connectivity index (χ4n) is 1.58. The first-order chi connectivity index (χ1) is 6.28. The Labute approximate surface area is 77.4 Å². The van der Waals surface area contributed by atoms with Crippen molar-refractivity contribution in [2.75, 3.05) is 0 Å². The van der Waals surface area contributed by atoms with E-state index in [4.69, 9.17) is 5.73 Å². The zero-order valence-corrected chi connectivity index (χ0v) is 7.53. The molecule has 2 aliphatic rings. The van der Waals surface area contributed by atoms with Gasteiger partial charge in [-0.2, -0.15) is 0 Å². The summed E-state index contributed by atoms with van der Waals surface area (Å²) in [6.45, 7) is 0. The van der Waals surface area contributed by atoms with Crippen LogP contribution in [0.25, 0.3) is 0 Å². The maximum atomic E-state index is 6.03. The van der Waals surface area contributed by atoms with Crippen LogP contribution in [-0.4, -0.2) is 9.97 Å². The monoisotopic (exact) mass is 175 g/mol. The number of nitrogens with two attached hydrogens (primary N) is 1. The van der Waals surface area contributed by atoms with E-state index in [9.17, 15) is 0 Å². The van der Waals surface area contributed by atoms with E-state index in [1.54, 1.807) is 0 Å². The second-order valence-electron chi connectivity index (χ2n) is 4.24. The summed E-state index contributed by atoms with van der Waals surface area (Å²) in [4.78, 5) is 8.78. The van der Waals surface area contributed by atoms with Crippen molar-refractivity contribution in [2.45, 2.75) is 37.1 Å². The van der Waals surface area contributed by atoms with Gasteiger partial charge >= 0.3 is 0 Å². The van der Waals surface area contributed by atoms with Crippen molar-refractivity contribution in [3.05, 3.63) is 23.8 Å². The molecule has 0 aliphatic heterocycles. The highest BCUT2D eigenvalue weighted by Crippen LogP contribution is 2.43. The van der Waals surface area contributed by atoms with Crippen LogP contribution < -0.4 is 5.73 Å². The molecule has 2 fully saturated rings. The van der Waals surface area contributed by atoms with E-state index in [1.807, 2.05) is 12.3 Å². The Kier molecular flexibility index (Phi) is 1.31. The number of hydrogen-bond donors (Lipinski definition) is 1. The van der Waals surface area contributed by atoms with Gasteiger partial charge in [-0.05, 0) is 31.7 Å². The average molecular weight is 175 g/mol. The summed E-state index contributed by atoms with van der Waals surface area (Å²) < 4.78 is 0. The SMILES string of the molecule is NC1(c2nccc(C3CC3)n2)CC1. The van der Waals surface area contributed by atoms with E-state index >= 15 is 0 Å². The van der Waals surface area contributed by atoms with Crippen LogP contribution in [0.4, 0.5) is 0 Å². The maximum absolute atomic E-state index is 6.03. The zero-order valence-electron chi connectivity index (χ0n) is 7.53. The molecule has 0 saturated heterocycles. The first kappa shape index (κ1) is 7.44. The van der Waals surface area contributed by atoms with Crippen molar-refractivity contribution >= 4 is 0 Å². The molecular formula is C10H13N3. The number of nitrogens with zero attached hydrogens (tertiary/aromatic N) is 2. The third kappa shape index (κ3) is 1.23. The predicted molar refractivity (Wildman–Crippen MR) is 49.1 cm³/mol. The minimum atomic E-state index is -0.176. The molecule has 0 atom stereocenters. The first-order valence-corrected chi connectivity index (χ1v) is 4.90. The molecule has 0 bridgehead atoms. The second kappa shape index (κ2) is 2.29. The molecule has 0 aromatic carbocycles. The van der Waals surface area contributed by atoms with Crippen LogP contribution in [0.2, 0.25) is 0 Å². The van der Waals surface area contributed by atoms with Crippen LogP contribution in [0.5, 0.6) is 0 Å². The average Bonchev–Trinajstić information content (AvgIpc) is 2.99. The summed E-state index contributed by atoms with van der Waals surface area (Å²) in [6.07, 6.45) is 6.51. The Morgan fingerprint density at radius 2 is 2.15 bits per heavy atom. The second-order valence-corrected chi connectivity index (χ2v) is 4.24. The molecule has 1 aromatic heterocycles. The lowest BCUT2D eigenvalue weighted by atomic mass is 10.2. The van der Waals surface area contributed by atoms with Gasteiger partial charge in [0.2, 0.25) is 0 Å². The molecule has 3 heteroatoms. The molecule has 1 heterocycles. The van der Waals surface area contributed by atoms with Gasteiger partial charge in [-0.15, -0.1) is 0 Å². The van der Waals surface area contributed by atoms with Gasteiger partial charge in [0.15, 0.2) is 0 Å². The fourth-order valence-corrected chi connectivity index (χ4v) is 1.58. The summed E-state index contributed by atoms with van der Waals surface area (Å²) in [7, 11) is 0. The van der Waals surface area contributed by atoms with Gasteiger partial charge in [-0.25, -0.2) is 9.97 Å². The Balaban J connectivity index is 1.96. The van der Waals surface area contributed by atoms with Crippen molar-refractivity contribution in [1.82, 2.24) is 9.97 Å². The van der Waals surface area contributed by atoms with Gasteiger partial charge in [0.1, 0.15) is 5.82 Å². The van der Waals surface area contributed by atoms with Crippen molar-refractivity contribution in [3.8, 4) is 0 Å². The molecule has 3 nitrogen and oxygen atoms in total. The van der Waals surface area contributed by atoms with Crippen LogP contribution >= 0.6 is 0 Å². The van der Waals surface area contributed by atoms with Crippen LogP contribution in [0.15, 0.2) is 12.3 Å². The van der Waals surface area contributed by atoms with Crippen LogP contribution in [0.1, 0.15) is 43.1 Å². The summed E-state index contributed by atoms with van der Waals surface area (Å²) in [6, 6.07) is 2.02. The molecule has 13 heavy (non-hydrogen) atoms. The molecule has 0 spiro atoms. The molecule has 2 aliphatic carbocycles. The normalized spacial score (nSPS) is 24.4. The Bertz CT molecular complexity index is 340. The number of rotatable bonds is 2. The lowest BCUT2D eigenvalue weighted by Gasteiger charge is -2.07. The fraction of sp³-hybridized carbons (Fsp3) is 0.600. The molecular weight excluding hydrogens is 162 g/mol. The molecule has 0 radical (unpaired) electrons. The largest absolute Gasteiger partial charge is 0.319 e. The molecule has 0 unspecified atom stereocenters. The molecule has 0 amide bonds. The number of hydrogen-bond acceptors (Lipinski definition) is 3. The van der Waals surface area contributed by atoms with Crippen LogP contribution in [-0.2, 0) is 5.54 Å². The molecule has 2 saturated carbocycles. The minimum Gasteiger partial charge on any atom is -0.319 e. The lowest BCUT2D eigenvalue weighted by Crippen LogP contribution is -2.22. The van der Waals surface area contributed by atoms with Gasteiger partial charge in [0, 0.05) is 17.8 Å².